The first-order valence-corrected chi connectivity index (χ1v) is 7.73. The molecule has 5 nitrogen and oxygen atoms in total. The lowest BCUT2D eigenvalue weighted by Crippen LogP contribution is -2.40. The van der Waals surface area contributed by atoms with E-state index in [0.29, 0.717) is 44.8 Å². The highest BCUT2D eigenvalue weighted by Crippen LogP contribution is 2.41. The van der Waals surface area contributed by atoms with Gasteiger partial charge in [-0.3, -0.25) is 4.79 Å². The molecule has 0 aromatic carbocycles. The molecule has 21 heavy (non-hydrogen) atoms. The highest BCUT2D eigenvalue weighted by atomic mass is 19.1. The number of nitrogens with one attached hydrogen (secondary N) is 1. The van der Waals surface area contributed by atoms with Crippen molar-refractivity contribution in [3.8, 4) is 0 Å². The highest BCUT2D eigenvalue weighted by molar-refractivity contribution is 5.88. The van der Waals surface area contributed by atoms with E-state index in [0.717, 1.165) is 17.1 Å². The van der Waals surface area contributed by atoms with E-state index >= 15 is 0 Å². The van der Waals surface area contributed by atoms with E-state index in [1.165, 1.54) is 12.8 Å². The lowest BCUT2D eigenvalue weighted by Gasteiger charge is -2.21. The van der Waals surface area contributed by atoms with E-state index in [-0.39, 0.29) is 5.91 Å². The Morgan fingerprint density at radius 3 is 2.76 bits per heavy atom. The Kier molecular flexibility index (Phi) is 2.87. The maximum Gasteiger partial charge on any atom is 0.260 e. The number of alkyl halides is 1. The summed E-state index contributed by atoms with van der Waals surface area (Å²) in [6, 6.07) is 0.533. The van der Waals surface area contributed by atoms with Gasteiger partial charge in [-0.1, -0.05) is 0 Å². The molecule has 1 aromatic rings. The minimum Gasteiger partial charge on any atom is -0.367 e. The van der Waals surface area contributed by atoms with Crippen LogP contribution in [0.4, 0.5) is 10.2 Å². The lowest BCUT2D eigenvalue weighted by molar-refractivity contribution is -0.138. The average molecular weight is 290 g/mol. The van der Waals surface area contributed by atoms with Gasteiger partial charge in [0.25, 0.3) is 5.91 Å². The number of hydrogen-bond donors (Lipinski definition) is 1. The fraction of sp³-hybridized carbons (Fsp3) is 0.667. The molecule has 3 aliphatic rings. The van der Waals surface area contributed by atoms with Crippen molar-refractivity contribution < 1.29 is 9.18 Å². The number of carbonyl (C=O) groups is 1. The third-order valence-corrected chi connectivity index (χ3v) is 4.56. The molecule has 2 heterocycles. The summed E-state index contributed by atoms with van der Waals surface area (Å²) in [4.78, 5) is 22.5. The fourth-order valence-corrected chi connectivity index (χ4v) is 2.88. The molecule has 2 aliphatic carbocycles. The summed E-state index contributed by atoms with van der Waals surface area (Å²) in [7, 11) is 0. The zero-order valence-corrected chi connectivity index (χ0v) is 11.9. The molecule has 0 radical (unpaired) electrons. The van der Waals surface area contributed by atoms with Crippen molar-refractivity contribution in [3.05, 3.63) is 17.6 Å². The third kappa shape index (κ3) is 2.47. The second-order valence-corrected chi connectivity index (χ2v) is 6.32. The highest BCUT2D eigenvalue weighted by Gasteiger charge is 2.52. The van der Waals surface area contributed by atoms with Crippen LogP contribution in [0.5, 0.6) is 0 Å². The van der Waals surface area contributed by atoms with Crippen LogP contribution in [0, 0.1) is 0 Å². The summed E-state index contributed by atoms with van der Waals surface area (Å²) in [6.45, 7) is 1.11. The van der Waals surface area contributed by atoms with Crippen LogP contribution in [-0.4, -0.2) is 45.6 Å². The Morgan fingerprint density at radius 2 is 2.05 bits per heavy atom. The molecule has 1 amide bonds. The molecular formula is C15H19FN4O. The van der Waals surface area contributed by atoms with E-state index in [1.807, 2.05) is 0 Å². The van der Waals surface area contributed by atoms with Crippen molar-refractivity contribution in [1.29, 1.82) is 0 Å². The molecular weight excluding hydrogens is 271 g/mol. The van der Waals surface area contributed by atoms with Crippen LogP contribution in [0.1, 0.15) is 36.9 Å². The number of fused-ring (bicyclic) bond motifs is 1. The van der Waals surface area contributed by atoms with Crippen LogP contribution >= 0.6 is 0 Å². The molecule has 4 rings (SSSR count). The second-order valence-electron chi connectivity index (χ2n) is 6.32. The topological polar surface area (TPSA) is 58.1 Å². The number of rotatable bonds is 3. The number of amides is 1. The van der Waals surface area contributed by atoms with Gasteiger partial charge in [-0.25, -0.2) is 14.4 Å². The van der Waals surface area contributed by atoms with Crippen LogP contribution in [0.25, 0.3) is 0 Å². The number of aromatic nitrogens is 2. The van der Waals surface area contributed by atoms with E-state index in [2.05, 4.69) is 15.3 Å². The monoisotopic (exact) mass is 290 g/mol. The zero-order chi connectivity index (χ0) is 14.4. The Morgan fingerprint density at radius 1 is 1.29 bits per heavy atom. The van der Waals surface area contributed by atoms with Crippen LogP contribution in [-0.2, 0) is 17.6 Å². The molecule has 1 aromatic heterocycles. The van der Waals surface area contributed by atoms with E-state index in [1.54, 1.807) is 11.2 Å². The summed E-state index contributed by atoms with van der Waals surface area (Å²) >= 11 is 0. The van der Waals surface area contributed by atoms with Crippen molar-refractivity contribution in [2.24, 2.45) is 0 Å². The molecule has 0 saturated heterocycles. The Bertz CT molecular complexity index is 583. The minimum absolute atomic E-state index is 0.333. The van der Waals surface area contributed by atoms with Gasteiger partial charge in [0.15, 0.2) is 5.67 Å². The first-order valence-electron chi connectivity index (χ1n) is 7.73. The van der Waals surface area contributed by atoms with Crippen molar-refractivity contribution in [1.82, 2.24) is 14.9 Å². The number of halogens is 1. The lowest BCUT2D eigenvalue weighted by atomic mass is 10.1. The van der Waals surface area contributed by atoms with E-state index < -0.39 is 5.67 Å². The molecule has 1 aliphatic heterocycles. The first kappa shape index (κ1) is 13.0. The second kappa shape index (κ2) is 4.64. The van der Waals surface area contributed by atoms with Gasteiger partial charge in [0, 0.05) is 31.1 Å². The van der Waals surface area contributed by atoms with E-state index in [4.69, 9.17) is 0 Å². The minimum atomic E-state index is -1.57. The molecule has 2 fully saturated rings. The fourth-order valence-electron chi connectivity index (χ4n) is 2.88. The van der Waals surface area contributed by atoms with Crippen molar-refractivity contribution in [3.63, 3.8) is 0 Å². The van der Waals surface area contributed by atoms with Crippen molar-refractivity contribution >= 4 is 11.7 Å². The summed E-state index contributed by atoms with van der Waals surface area (Å²) in [5.41, 5.74) is 0.521. The van der Waals surface area contributed by atoms with Gasteiger partial charge in [-0.15, -0.1) is 0 Å². The molecule has 1 N–H and O–H groups in total. The standard InChI is InChI=1S/C15H19FN4O/c16-15(5-6-15)14(21)20-7-3-11-12(4-8-20)17-9-18-13(11)19-10-1-2-10/h9-10H,1-8H2,(H,17,18,19). The number of nitrogens with zero attached hydrogens (tertiary/aromatic N) is 3. The van der Waals surface area contributed by atoms with Gasteiger partial charge >= 0.3 is 0 Å². The van der Waals surface area contributed by atoms with Crippen LogP contribution in [0.3, 0.4) is 0 Å². The SMILES string of the molecule is O=C(N1CCc2ncnc(NC3CC3)c2CC1)C1(F)CC1. The first-order chi connectivity index (χ1) is 10.2. The molecule has 6 heteroatoms. The Balaban J connectivity index is 1.53. The maximum absolute atomic E-state index is 14.0. The van der Waals surface area contributed by atoms with Crippen LogP contribution in [0.2, 0.25) is 0 Å². The number of anilines is 1. The molecule has 0 atom stereocenters. The maximum atomic E-state index is 14.0. The molecule has 0 unspecified atom stereocenters. The largest absolute Gasteiger partial charge is 0.367 e. The summed E-state index contributed by atoms with van der Waals surface area (Å²) < 4.78 is 14.0. The zero-order valence-electron chi connectivity index (χ0n) is 11.9. The van der Waals surface area contributed by atoms with Gasteiger partial charge in [-0.2, -0.15) is 0 Å². The molecule has 0 spiro atoms. The van der Waals surface area contributed by atoms with Crippen LogP contribution < -0.4 is 5.32 Å². The van der Waals surface area contributed by atoms with Gasteiger partial charge in [0.05, 0.1) is 5.69 Å². The van der Waals surface area contributed by atoms with Gasteiger partial charge in [0.1, 0.15) is 12.1 Å². The third-order valence-electron chi connectivity index (χ3n) is 4.56. The van der Waals surface area contributed by atoms with Gasteiger partial charge in [0.2, 0.25) is 0 Å². The smallest absolute Gasteiger partial charge is 0.260 e. The molecule has 2 saturated carbocycles. The molecule has 112 valence electrons. The quantitative estimate of drug-likeness (QED) is 0.916. The van der Waals surface area contributed by atoms with Crippen LogP contribution in [0.15, 0.2) is 6.33 Å². The Hall–Kier alpha value is -1.72. The summed E-state index contributed by atoms with van der Waals surface area (Å²) in [6.07, 6.45) is 6.10. The number of hydrogen-bond acceptors (Lipinski definition) is 4. The molecule has 0 bridgehead atoms. The van der Waals surface area contributed by atoms with E-state index in [9.17, 15) is 9.18 Å². The predicted octanol–water partition coefficient (Wildman–Crippen LogP) is 1.48. The van der Waals surface area contributed by atoms with Crippen molar-refractivity contribution in [2.75, 3.05) is 18.4 Å². The average Bonchev–Trinajstić information content (AvgIpc) is 3.35. The number of carbonyl (C=O) groups excluding carboxylic acids is 1. The van der Waals surface area contributed by atoms with Crippen molar-refractivity contribution in [2.45, 2.75) is 50.2 Å². The summed E-state index contributed by atoms with van der Waals surface area (Å²) in [5, 5.41) is 3.43. The van der Waals surface area contributed by atoms with Gasteiger partial charge < -0.3 is 10.2 Å². The predicted molar refractivity (Wildman–Crippen MR) is 75.7 cm³/mol. The summed E-state index contributed by atoms with van der Waals surface area (Å²) in [5.74, 6) is 0.568. The normalized spacial score (nSPS) is 23.2. The Labute approximate surface area is 123 Å². The van der Waals surface area contributed by atoms with Gasteiger partial charge in [-0.05, 0) is 32.1 Å².